The molecule has 0 aromatic heterocycles. The average Bonchev–Trinajstić information content (AvgIpc) is 2.25. The molecule has 0 bridgehead atoms. The van der Waals surface area contributed by atoms with E-state index in [1.165, 1.54) is 16.7 Å². The minimum absolute atomic E-state index is 1.10. The number of aryl methyl sites for hydroxylation is 2. The zero-order valence-corrected chi connectivity index (χ0v) is 12.1. The van der Waals surface area contributed by atoms with Crippen LogP contribution in [0, 0.1) is 11.5 Å². The molecule has 0 unspecified atom stereocenters. The van der Waals surface area contributed by atoms with Crippen LogP contribution in [0.15, 0.2) is 18.2 Å². The third-order valence-electron chi connectivity index (χ3n) is 2.55. The summed E-state index contributed by atoms with van der Waals surface area (Å²) in [5, 5.41) is 0. The smallest absolute Gasteiger partial charge is 0.127 e. The normalized spacial score (nSPS) is 10.8. The molecular formula is C15H22Si. The van der Waals surface area contributed by atoms with Gasteiger partial charge in [0.15, 0.2) is 0 Å². The molecule has 0 aliphatic carbocycles. The number of rotatable bonds is 2. The van der Waals surface area contributed by atoms with Gasteiger partial charge in [0.05, 0.1) is 0 Å². The number of benzene rings is 1. The van der Waals surface area contributed by atoms with E-state index < -0.39 is 8.07 Å². The second-order valence-corrected chi connectivity index (χ2v) is 9.94. The minimum atomic E-state index is -1.25. The fraction of sp³-hybridized carbons (Fsp3) is 0.467. The van der Waals surface area contributed by atoms with E-state index in [-0.39, 0.29) is 0 Å². The van der Waals surface area contributed by atoms with Crippen molar-refractivity contribution in [1.82, 2.24) is 0 Å². The Bertz CT molecular complexity index is 413. The lowest BCUT2D eigenvalue weighted by Gasteiger charge is -2.07. The van der Waals surface area contributed by atoms with Crippen LogP contribution in [0.1, 0.15) is 30.5 Å². The quantitative estimate of drug-likeness (QED) is 0.531. The maximum atomic E-state index is 3.42. The zero-order valence-electron chi connectivity index (χ0n) is 11.1. The first-order valence-corrected chi connectivity index (χ1v) is 9.61. The highest BCUT2D eigenvalue weighted by Crippen LogP contribution is 2.13. The summed E-state index contributed by atoms with van der Waals surface area (Å²) in [4.78, 5) is 0. The van der Waals surface area contributed by atoms with E-state index in [9.17, 15) is 0 Å². The van der Waals surface area contributed by atoms with Crippen molar-refractivity contribution in [3.63, 3.8) is 0 Å². The first kappa shape index (κ1) is 13.1. The predicted octanol–water partition coefficient (Wildman–Crippen LogP) is 4.04. The van der Waals surface area contributed by atoms with E-state index in [4.69, 9.17) is 0 Å². The molecule has 0 spiro atoms. The first-order valence-electron chi connectivity index (χ1n) is 6.11. The second kappa shape index (κ2) is 5.36. The fourth-order valence-electron chi connectivity index (χ4n) is 1.64. The zero-order chi connectivity index (χ0) is 12.2. The van der Waals surface area contributed by atoms with Gasteiger partial charge < -0.3 is 0 Å². The Labute approximate surface area is 101 Å². The van der Waals surface area contributed by atoms with Crippen molar-refractivity contribution in [3.05, 3.63) is 34.9 Å². The van der Waals surface area contributed by atoms with Crippen LogP contribution in [0.4, 0.5) is 0 Å². The lowest BCUT2D eigenvalue weighted by molar-refractivity contribution is 1.04. The van der Waals surface area contributed by atoms with Crippen molar-refractivity contribution in [2.75, 3.05) is 0 Å². The van der Waals surface area contributed by atoms with Gasteiger partial charge in [0, 0.05) is 5.56 Å². The van der Waals surface area contributed by atoms with Gasteiger partial charge in [0.1, 0.15) is 8.07 Å². The Morgan fingerprint density at radius 3 is 2.12 bits per heavy atom. The molecule has 0 aliphatic rings. The lowest BCUT2D eigenvalue weighted by Crippen LogP contribution is -2.16. The molecule has 0 N–H and O–H groups in total. The fourth-order valence-corrected chi connectivity index (χ4v) is 2.16. The van der Waals surface area contributed by atoms with Crippen molar-refractivity contribution in [1.29, 1.82) is 0 Å². The van der Waals surface area contributed by atoms with Crippen LogP contribution in [0.2, 0.25) is 19.6 Å². The topological polar surface area (TPSA) is 0 Å². The highest BCUT2D eigenvalue weighted by molar-refractivity contribution is 6.83. The van der Waals surface area contributed by atoms with Gasteiger partial charge in [-0.2, -0.15) is 0 Å². The predicted molar refractivity (Wildman–Crippen MR) is 75.4 cm³/mol. The van der Waals surface area contributed by atoms with Gasteiger partial charge in [-0.15, -0.1) is 5.54 Å². The van der Waals surface area contributed by atoms with Crippen LogP contribution < -0.4 is 0 Å². The van der Waals surface area contributed by atoms with Crippen LogP contribution in [-0.4, -0.2) is 8.07 Å². The molecule has 1 heteroatoms. The molecule has 0 heterocycles. The van der Waals surface area contributed by atoms with E-state index in [1.807, 2.05) is 0 Å². The van der Waals surface area contributed by atoms with Gasteiger partial charge in [-0.1, -0.05) is 45.5 Å². The number of hydrogen-bond acceptors (Lipinski definition) is 0. The molecule has 0 radical (unpaired) electrons. The van der Waals surface area contributed by atoms with E-state index >= 15 is 0 Å². The van der Waals surface area contributed by atoms with Gasteiger partial charge in [-0.25, -0.2) is 0 Å². The second-order valence-electron chi connectivity index (χ2n) is 5.19. The number of hydrogen-bond donors (Lipinski definition) is 0. The summed E-state index contributed by atoms with van der Waals surface area (Å²) in [6.45, 7) is 11.3. The summed E-state index contributed by atoms with van der Waals surface area (Å²) in [5.41, 5.74) is 7.50. The van der Waals surface area contributed by atoms with Crippen LogP contribution in [0.3, 0.4) is 0 Å². The average molecular weight is 230 g/mol. The summed E-state index contributed by atoms with van der Waals surface area (Å²) >= 11 is 0. The largest absolute Gasteiger partial charge is 0.129 e. The van der Waals surface area contributed by atoms with E-state index in [0.717, 1.165) is 12.8 Å². The monoisotopic (exact) mass is 230 g/mol. The van der Waals surface area contributed by atoms with Gasteiger partial charge in [0.2, 0.25) is 0 Å². The Hall–Kier alpha value is -1.00. The highest BCUT2D eigenvalue weighted by Gasteiger charge is 2.07. The van der Waals surface area contributed by atoms with Gasteiger partial charge in [0.25, 0.3) is 0 Å². The molecule has 0 saturated heterocycles. The van der Waals surface area contributed by atoms with Crippen molar-refractivity contribution in [2.24, 2.45) is 0 Å². The minimum Gasteiger partial charge on any atom is -0.127 e. The molecule has 1 aromatic rings. The summed E-state index contributed by atoms with van der Waals surface area (Å²) in [6, 6.07) is 6.64. The van der Waals surface area contributed by atoms with Gasteiger partial charge in [-0.3, -0.25) is 0 Å². The van der Waals surface area contributed by atoms with E-state index in [1.54, 1.807) is 0 Å². The molecule has 0 fully saturated rings. The lowest BCUT2D eigenvalue weighted by atomic mass is 10.0. The first-order chi connectivity index (χ1) is 7.46. The molecule has 0 atom stereocenters. The Kier molecular flexibility index (Phi) is 4.38. The maximum Gasteiger partial charge on any atom is 0.129 e. The third-order valence-corrected chi connectivity index (χ3v) is 3.42. The molecule has 0 saturated carbocycles. The standard InChI is InChI=1S/C15H22Si/c1-6-14-9-8-13(12-15(14)7-2)10-11-16(3,4)5/h8-9,12H,6-7H2,1-5H3. The summed E-state index contributed by atoms with van der Waals surface area (Å²) in [5.74, 6) is 3.32. The van der Waals surface area contributed by atoms with Crippen LogP contribution in [0.5, 0.6) is 0 Å². The van der Waals surface area contributed by atoms with Crippen LogP contribution in [0.25, 0.3) is 0 Å². The molecule has 0 amide bonds. The molecule has 1 rings (SSSR count). The van der Waals surface area contributed by atoms with E-state index in [0.29, 0.717) is 0 Å². The molecule has 0 nitrogen and oxygen atoms in total. The molecule has 16 heavy (non-hydrogen) atoms. The van der Waals surface area contributed by atoms with Crippen molar-refractivity contribution < 1.29 is 0 Å². The molecule has 86 valence electrons. The summed E-state index contributed by atoms with van der Waals surface area (Å²) in [6.07, 6.45) is 2.22. The summed E-state index contributed by atoms with van der Waals surface area (Å²) < 4.78 is 0. The Morgan fingerprint density at radius 1 is 1.00 bits per heavy atom. The SMILES string of the molecule is CCc1ccc(C#C[Si](C)(C)C)cc1CC. The van der Waals surface area contributed by atoms with Crippen molar-refractivity contribution in [3.8, 4) is 11.5 Å². The highest BCUT2D eigenvalue weighted by atomic mass is 28.3. The van der Waals surface area contributed by atoms with Crippen molar-refractivity contribution >= 4 is 8.07 Å². The van der Waals surface area contributed by atoms with Crippen LogP contribution >= 0.6 is 0 Å². The van der Waals surface area contributed by atoms with E-state index in [2.05, 4.69) is 63.2 Å². The molecule has 1 aromatic carbocycles. The maximum absolute atomic E-state index is 3.42. The Morgan fingerprint density at radius 2 is 1.62 bits per heavy atom. The molecular weight excluding hydrogens is 208 g/mol. The Balaban J connectivity index is 3.03. The summed E-state index contributed by atoms with van der Waals surface area (Å²) in [7, 11) is -1.25. The third kappa shape index (κ3) is 3.87. The van der Waals surface area contributed by atoms with Gasteiger partial charge in [-0.05, 0) is 36.1 Å². The van der Waals surface area contributed by atoms with Crippen LogP contribution in [-0.2, 0) is 12.8 Å². The van der Waals surface area contributed by atoms with Crippen molar-refractivity contribution in [2.45, 2.75) is 46.3 Å². The molecule has 0 aliphatic heterocycles. The van der Waals surface area contributed by atoms with Gasteiger partial charge >= 0.3 is 0 Å².